The van der Waals surface area contributed by atoms with Crippen molar-refractivity contribution in [3.05, 3.63) is 0 Å². The Morgan fingerprint density at radius 1 is 1.21 bits per heavy atom. The van der Waals surface area contributed by atoms with Crippen molar-refractivity contribution in [2.24, 2.45) is 5.92 Å². The highest BCUT2D eigenvalue weighted by Crippen LogP contribution is 2.07. The molecule has 0 bridgehead atoms. The molecule has 0 spiro atoms. The van der Waals surface area contributed by atoms with Gasteiger partial charge in [-0.1, -0.05) is 6.92 Å². The summed E-state index contributed by atoms with van der Waals surface area (Å²) in [4.78, 5) is 18.7. The van der Waals surface area contributed by atoms with Crippen molar-refractivity contribution < 1.29 is 9.53 Å². The largest absolute Gasteiger partial charge is 0.466 e. The van der Waals surface area contributed by atoms with E-state index >= 15 is 0 Å². The van der Waals surface area contributed by atoms with Gasteiger partial charge in [0, 0.05) is 45.8 Å². The summed E-state index contributed by atoms with van der Waals surface area (Å²) in [6.45, 7) is 11.7. The minimum atomic E-state index is -0.0717. The molecule has 1 rings (SSSR count). The van der Waals surface area contributed by atoms with Crippen LogP contribution in [0.1, 0.15) is 13.8 Å². The predicted molar refractivity (Wildman–Crippen MR) is 77.2 cm³/mol. The van der Waals surface area contributed by atoms with Gasteiger partial charge in [-0.05, 0) is 21.0 Å². The molecule has 1 aliphatic heterocycles. The molecule has 112 valence electrons. The van der Waals surface area contributed by atoms with Crippen molar-refractivity contribution in [1.29, 1.82) is 0 Å². The monoisotopic (exact) mass is 271 g/mol. The number of esters is 1. The van der Waals surface area contributed by atoms with Crippen molar-refractivity contribution in [1.82, 2.24) is 14.7 Å². The minimum Gasteiger partial charge on any atom is -0.466 e. The fourth-order valence-electron chi connectivity index (χ4n) is 2.28. The summed E-state index contributed by atoms with van der Waals surface area (Å²) in [5.41, 5.74) is 0. The predicted octanol–water partition coefficient (Wildman–Crippen LogP) is 0.365. The molecule has 5 heteroatoms. The highest BCUT2D eigenvalue weighted by molar-refractivity contribution is 5.72. The van der Waals surface area contributed by atoms with Crippen molar-refractivity contribution in [2.45, 2.75) is 13.8 Å². The van der Waals surface area contributed by atoms with Crippen molar-refractivity contribution >= 4 is 5.97 Å². The van der Waals surface area contributed by atoms with Crippen LogP contribution in [0.15, 0.2) is 0 Å². The molecule has 1 heterocycles. The first-order valence-electron chi connectivity index (χ1n) is 7.29. The quantitative estimate of drug-likeness (QED) is 0.625. The molecule has 0 aromatic rings. The van der Waals surface area contributed by atoms with Crippen LogP contribution in [0.3, 0.4) is 0 Å². The molecular weight excluding hydrogens is 242 g/mol. The molecule has 0 aliphatic carbocycles. The summed E-state index contributed by atoms with van der Waals surface area (Å²) in [5, 5.41) is 0. The zero-order chi connectivity index (χ0) is 14.3. The molecule has 5 nitrogen and oxygen atoms in total. The van der Waals surface area contributed by atoms with Gasteiger partial charge in [0.2, 0.25) is 0 Å². The lowest BCUT2D eigenvalue weighted by Crippen LogP contribution is -2.49. The number of likely N-dealkylation sites (N-methyl/N-ethyl adjacent to an activating group) is 1. The van der Waals surface area contributed by atoms with E-state index in [9.17, 15) is 4.79 Å². The Kier molecular flexibility index (Phi) is 7.34. The van der Waals surface area contributed by atoms with Crippen molar-refractivity contribution in [3.8, 4) is 0 Å². The van der Waals surface area contributed by atoms with Gasteiger partial charge < -0.3 is 9.64 Å². The van der Waals surface area contributed by atoms with Gasteiger partial charge >= 0.3 is 5.97 Å². The zero-order valence-corrected chi connectivity index (χ0v) is 12.9. The SMILES string of the molecule is CCOC(=O)C(C)CN1CCN(CCN(C)C)CC1. The van der Waals surface area contributed by atoms with Crippen LogP contribution in [0, 0.1) is 5.92 Å². The summed E-state index contributed by atoms with van der Waals surface area (Å²) in [7, 11) is 4.22. The van der Waals surface area contributed by atoms with E-state index in [4.69, 9.17) is 4.74 Å². The highest BCUT2D eigenvalue weighted by Gasteiger charge is 2.21. The zero-order valence-electron chi connectivity index (χ0n) is 12.9. The van der Waals surface area contributed by atoms with Gasteiger partial charge in [-0.15, -0.1) is 0 Å². The maximum atomic E-state index is 11.6. The molecule has 1 unspecified atom stereocenters. The fourth-order valence-corrected chi connectivity index (χ4v) is 2.28. The number of ether oxygens (including phenoxy) is 1. The van der Waals surface area contributed by atoms with Crippen molar-refractivity contribution in [2.75, 3.05) is 66.5 Å². The van der Waals surface area contributed by atoms with Crippen LogP contribution in [0.5, 0.6) is 0 Å². The van der Waals surface area contributed by atoms with Gasteiger partial charge in [0.15, 0.2) is 0 Å². The molecule has 0 radical (unpaired) electrons. The van der Waals surface area contributed by atoms with Crippen LogP contribution in [-0.4, -0.2) is 87.2 Å². The molecule has 0 saturated carbocycles. The Morgan fingerprint density at radius 3 is 2.32 bits per heavy atom. The number of hydrogen-bond acceptors (Lipinski definition) is 5. The number of piperazine rings is 1. The average molecular weight is 271 g/mol. The Bertz CT molecular complexity index is 263. The third-order valence-corrected chi connectivity index (χ3v) is 3.55. The lowest BCUT2D eigenvalue weighted by atomic mass is 10.1. The molecule has 0 amide bonds. The van der Waals surface area contributed by atoms with E-state index in [1.165, 1.54) is 0 Å². The minimum absolute atomic E-state index is 0.0201. The standard InChI is InChI=1S/C14H29N3O2/c1-5-19-14(18)13(2)12-17-10-8-16(9-11-17)7-6-15(3)4/h13H,5-12H2,1-4H3. The van der Waals surface area contributed by atoms with E-state index < -0.39 is 0 Å². The lowest BCUT2D eigenvalue weighted by molar-refractivity contribution is -0.148. The van der Waals surface area contributed by atoms with Crippen LogP contribution in [-0.2, 0) is 9.53 Å². The molecule has 1 atom stereocenters. The van der Waals surface area contributed by atoms with Gasteiger partial charge in [0.1, 0.15) is 0 Å². The normalized spacial score (nSPS) is 19.6. The molecule has 1 saturated heterocycles. The molecule has 1 aliphatic rings. The third-order valence-electron chi connectivity index (χ3n) is 3.55. The molecular formula is C14H29N3O2. The van der Waals surface area contributed by atoms with Crippen LogP contribution in [0.2, 0.25) is 0 Å². The number of carbonyl (C=O) groups excluding carboxylic acids is 1. The molecule has 0 aromatic heterocycles. The van der Waals surface area contributed by atoms with Crippen molar-refractivity contribution in [3.63, 3.8) is 0 Å². The average Bonchev–Trinajstić information content (AvgIpc) is 2.38. The maximum absolute atomic E-state index is 11.6. The molecule has 1 fully saturated rings. The first-order valence-corrected chi connectivity index (χ1v) is 7.29. The van der Waals surface area contributed by atoms with Gasteiger partial charge in [0.25, 0.3) is 0 Å². The summed E-state index contributed by atoms with van der Waals surface area (Å²) in [6, 6.07) is 0. The first kappa shape index (κ1) is 16.4. The Balaban J connectivity index is 2.20. The molecule has 0 aromatic carbocycles. The van der Waals surface area contributed by atoms with E-state index in [0.29, 0.717) is 6.61 Å². The number of rotatable bonds is 7. The van der Waals surface area contributed by atoms with E-state index in [-0.39, 0.29) is 11.9 Å². The molecule has 19 heavy (non-hydrogen) atoms. The van der Waals surface area contributed by atoms with E-state index in [1.54, 1.807) is 0 Å². The van der Waals surface area contributed by atoms with E-state index in [1.807, 2.05) is 13.8 Å². The summed E-state index contributed by atoms with van der Waals surface area (Å²) >= 11 is 0. The maximum Gasteiger partial charge on any atom is 0.309 e. The second-order valence-electron chi connectivity index (χ2n) is 5.60. The highest BCUT2D eigenvalue weighted by atomic mass is 16.5. The van der Waals surface area contributed by atoms with E-state index in [2.05, 4.69) is 28.8 Å². The van der Waals surface area contributed by atoms with Gasteiger partial charge in [-0.25, -0.2) is 0 Å². The van der Waals surface area contributed by atoms with Crippen LogP contribution >= 0.6 is 0 Å². The second-order valence-corrected chi connectivity index (χ2v) is 5.60. The summed E-state index contributed by atoms with van der Waals surface area (Å²) < 4.78 is 5.05. The number of hydrogen-bond donors (Lipinski definition) is 0. The first-order chi connectivity index (χ1) is 9.02. The number of carbonyl (C=O) groups is 1. The van der Waals surface area contributed by atoms with Crippen LogP contribution < -0.4 is 0 Å². The topological polar surface area (TPSA) is 36.0 Å². The van der Waals surface area contributed by atoms with E-state index in [0.717, 1.165) is 45.8 Å². The van der Waals surface area contributed by atoms with Gasteiger partial charge in [-0.2, -0.15) is 0 Å². The smallest absolute Gasteiger partial charge is 0.309 e. The Morgan fingerprint density at radius 2 is 1.79 bits per heavy atom. The second kappa shape index (κ2) is 8.51. The summed E-state index contributed by atoms with van der Waals surface area (Å²) in [5.74, 6) is -0.0918. The Hall–Kier alpha value is -0.650. The third kappa shape index (κ3) is 6.36. The van der Waals surface area contributed by atoms with Crippen LogP contribution in [0.25, 0.3) is 0 Å². The van der Waals surface area contributed by atoms with Crippen LogP contribution in [0.4, 0.5) is 0 Å². The number of nitrogens with zero attached hydrogens (tertiary/aromatic N) is 3. The van der Waals surface area contributed by atoms with Gasteiger partial charge in [-0.3, -0.25) is 14.6 Å². The Labute approximate surface area is 117 Å². The fraction of sp³-hybridized carbons (Fsp3) is 0.929. The lowest BCUT2D eigenvalue weighted by Gasteiger charge is -2.36. The molecule has 0 N–H and O–H groups in total. The van der Waals surface area contributed by atoms with Gasteiger partial charge in [0.05, 0.1) is 12.5 Å². The summed E-state index contributed by atoms with van der Waals surface area (Å²) in [6.07, 6.45) is 0.